The van der Waals surface area contributed by atoms with Crippen molar-refractivity contribution in [1.29, 1.82) is 0 Å². The van der Waals surface area contributed by atoms with E-state index in [2.05, 4.69) is 4.98 Å². The number of ketones is 1. The summed E-state index contributed by atoms with van der Waals surface area (Å²) in [5.74, 6) is 0.0341. The normalized spacial score (nSPS) is 16.8. The number of piperidine rings is 1. The van der Waals surface area contributed by atoms with E-state index in [0.29, 0.717) is 23.7 Å². The van der Waals surface area contributed by atoms with Gasteiger partial charge in [0.1, 0.15) is 4.90 Å². The third-order valence-corrected chi connectivity index (χ3v) is 7.60. The summed E-state index contributed by atoms with van der Waals surface area (Å²) in [5.41, 5.74) is 1.78. The first-order valence-corrected chi connectivity index (χ1v) is 11.4. The Morgan fingerprint density at radius 3 is 2.33 bits per heavy atom. The Morgan fingerprint density at radius 2 is 1.74 bits per heavy atom. The van der Waals surface area contributed by atoms with Crippen molar-refractivity contribution in [3.8, 4) is 0 Å². The lowest BCUT2D eigenvalue weighted by atomic mass is 10.1. The molecule has 2 aromatic rings. The van der Waals surface area contributed by atoms with E-state index < -0.39 is 10.0 Å². The zero-order valence-corrected chi connectivity index (χ0v) is 17.2. The number of aryl methyl sites for hydroxylation is 1. The Hall–Kier alpha value is -1.70. The van der Waals surface area contributed by atoms with Crippen molar-refractivity contribution in [2.75, 3.05) is 13.1 Å². The quantitative estimate of drug-likeness (QED) is 0.539. The first-order valence-electron chi connectivity index (χ1n) is 9.11. The maximum Gasteiger partial charge on any atom is 0.244 e. The second-order valence-electron chi connectivity index (χ2n) is 6.79. The summed E-state index contributed by atoms with van der Waals surface area (Å²) >= 11 is 1.34. The highest BCUT2D eigenvalue weighted by atomic mass is 32.2. The van der Waals surface area contributed by atoms with Crippen molar-refractivity contribution in [3.63, 3.8) is 0 Å². The van der Waals surface area contributed by atoms with Gasteiger partial charge in [-0.05, 0) is 38.8 Å². The molecule has 1 fully saturated rings. The standard InChI is InChI=1S/C20H24N2O3S2/c1-15-6-8-17(9-7-15)20(23)16(2)26-19-11-10-18(14-21-19)27(24,25)22-12-4-3-5-13-22/h6-11,14,16H,3-5,12-13H2,1-2H3. The topological polar surface area (TPSA) is 67.3 Å². The highest BCUT2D eigenvalue weighted by molar-refractivity contribution is 8.00. The van der Waals surface area contributed by atoms with Crippen LogP contribution >= 0.6 is 11.8 Å². The Bertz CT molecular complexity index is 888. The number of thioether (sulfide) groups is 1. The van der Waals surface area contributed by atoms with Gasteiger partial charge in [-0.1, -0.05) is 48.0 Å². The minimum absolute atomic E-state index is 0.0341. The van der Waals surface area contributed by atoms with Crippen LogP contribution in [0.25, 0.3) is 0 Å². The first-order chi connectivity index (χ1) is 12.9. The molecule has 0 amide bonds. The van der Waals surface area contributed by atoms with Gasteiger partial charge in [-0.25, -0.2) is 13.4 Å². The van der Waals surface area contributed by atoms with Gasteiger partial charge in [-0.15, -0.1) is 0 Å². The van der Waals surface area contributed by atoms with Gasteiger partial charge >= 0.3 is 0 Å². The monoisotopic (exact) mass is 404 g/mol. The summed E-state index contributed by atoms with van der Waals surface area (Å²) in [6, 6.07) is 10.8. The Kier molecular flexibility index (Phi) is 6.34. The first kappa shape index (κ1) is 20.0. The molecule has 1 unspecified atom stereocenters. The van der Waals surface area contributed by atoms with Gasteiger partial charge < -0.3 is 0 Å². The molecule has 5 nitrogen and oxygen atoms in total. The van der Waals surface area contributed by atoms with Gasteiger partial charge in [0.25, 0.3) is 0 Å². The number of rotatable bonds is 6. The van der Waals surface area contributed by atoms with Crippen LogP contribution in [0.5, 0.6) is 0 Å². The van der Waals surface area contributed by atoms with Crippen molar-refractivity contribution in [2.24, 2.45) is 0 Å². The lowest BCUT2D eigenvalue weighted by Crippen LogP contribution is -2.35. The van der Waals surface area contributed by atoms with Crippen LogP contribution in [-0.2, 0) is 10.0 Å². The molecule has 0 bridgehead atoms. The molecule has 0 aliphatic carbocycles. The highest BCUT2D eigenvalue weighted by Gasteiger charge is 2.26. The predicted molar refractivity (Wildman–Crippen MR) is 108 cm³/mol. The molecule has 27 heavy (non-hydrogen) atoms. The fraction of sp³-hybridized carbons (Fsp3) is 0.400. The Morgan fingerprint density at radius 1 is 1.07 bits per heavy atom. The molecule has 1 aliphatic heterocycles. The smallest absolute Gasteiger partial charge is 0.244 e. The van der Waals surface area contributed by atoms with Crippen molar-refractivity contribution in [1.82, 2.24) is 9.29 Å². The Labute approximate surface area is 165 Å². The van der Waals surface area contributed by atoms with E-state index in [1.54, 1.807) is 12.1 Å². The van der Waals surface area contributed by atoms with Crippen molar-refractivity contribution < 1.29 is 13.2 Å². The highest BCUT2D eigenvalue weighted by Crippen LogP contribution is 2.26. The maximum absolute atomic E-state index is 12.7. The molecular formula is C20H24N2O3S2. The summed E-state index contributed by atoms with van der Waals surface area (Å²) in [6.45, 7) is 4.96. The van der Waals surface area contributed by atoms with Gasteiger partial charge in [0.15, 0.2) is 5.78 Å². The average molecular weight is 405 g/mol. The Balaban J connectivity index is 1.68. The molecule has 1 saturated heterocycles. The van der Waals surface area contributed by atoms with E-state index in [0.717, 1.165) is 24.8 Å². The molecule has 0 N–H and O–H groups in total. The van der Waals surface area contributed by atoms with Crippen LogP contribution in [0.3, 0.4) is 0 Å². The van der Waals surface area contributed by atoms with Crippen LogP contribution in [0, 0.1) is 6.92 Å². The fourth-order valence-corrected chi connectivity index (χ4v) is 5.36. The van der Waals surface area contributed by atoms with Crippen molar-refractivity contribution in [2.45, 2.75) is 48.3 Å². The molecule has 2 heterocycles. The van der Waals surface area contributed by atoms with Crippen LogP contribution in [0.15, 0.2) is 52.5 Å². The van der Waals surface area contributed by atoms with E-state index >= 15 is 0 Å². The van der Waals surface area contributed by atoms with E-state index in [4.69, 9.17) is 0 Å². The minimum Gasteiger partial charge on any atom is -0.293 e. The SMILES string of the molecule is Cc1ccc(C(=O)C(C)Sc2ccc(S(=O)(=O)N3CCCCC3)cn2)cc1. The van der Waals surface area contributed by atoms with E-state index in [1.807, 2.05) is 38.1 Å². The third-order valence-electron chi connectivity index (χ3n) is 4.66. The predicted octanol–water partition coefficient (Wildman–Crippen LogP) is 3.93. The van der Waals surface area contributed by atoms with Gasteiger partial charge in [-0.2, -0.15) is 4.31 Å². The molecule has 1 aromatic carbocycles. The lowest BCUT2D eigenvalue weighted by molar-refractivity contribution is 0.0994. The number of carbonyl (C=O) groups is 1. The summed E-state index contributed by atoms with van der Waals surface area (Å²) in [6.07, 6.45) is 4.28. The molecule has 0 saturated carbocycles. The summed E-state index contributed by atoms with van der Waals surface area (Å²) in [5, 5.41) is 0.338. The summed E-state index contributed by atoms with van der Waals surface area (Å²) in [4.78, 5) is 17.0. The van der Waals surface area contributed by atoms with Crippen molar-refractivity contribution >= 4 is 27.6 Å². The van der Waals surface area contributed by atoms with Crippen LogP contribution in [0.2, 0.25) is 0 Å². The number of Topliss-reactive ketones (excluding diaryl/α,β-unsaturated/α-hetero) is 1. The number of sulfonamides is 1. The van der Waals surface area contributed by atoms with E-state index in [1.165, 1.54) is 22.3 Å². The van der Waals surface area contributed by atoms with Crippen molar-refractivity contribution in [3.05, 3.63) is 53.7 Å². The van der Waals surface area contributed by atoms with E-state index in [9.17, 15) is 13.2 Å². The summed E-state index contributed by atoms with van der Waals surface area (Å²) in [7, 11) is -3.48. The van der Waals surface area contributed by atoms with Crippen LogP contribution < -0.4 is 0 Å². The third kappa shape index (κ3) is 4.78. The van der Waals surface area contributed by atoms with Crippen LogP contribution in [-0.4, -0.2) is 41.8 Å². The summed E-state index contributed by atoms with van der Waals surface area (Å²) < 4.78 is 26.9. The second kappa shape index (κ2) is 8.54. The molecule has 1 aromatic heterocycles. The number of carbonyl (C=O) groups excluding carboxylic acids is 1. The van der Waals surface area contributed by atoms with E-state index in [-0.39, 0.29) is 15.9 Å². The number of pyridine rings is 1. The molecule has 3 rings (SSSR count). The zero-order valence-electron chi connectivity index (χ0n) is 15.6. The molecule has 1 atom stereocenters. The minimum atomic E-state index is -3.48. The molecule has 0 spiro atoms. The molecule has 7 heteroatoms. The van der Waals surface area contributed by atoms with Crippen LogP contribution in [0.1, 0.15) is 42.1 Å². The number of nitrogens with zero attached hydrogens (tertiary/aromatic N) is 2. The van der Waals surface area contributed by atoms with Gasteiger partial charge in [0.05, 0.1) is 10.3 Å². The number of benzene rings is 1. The second-order valence-corrected chi connectivity index (χ2v) is 10.1. The number of hydrogen-bond acceptors (Lipinski definition) is 5. The molecule has 1 aliphatic rings. The largest absolute Gasteiger partial charge is 0.293 e. The zero-order chi connectivity index (χ0) is 19.4. The number of aromatic nitrogens is 1. The lowest BCUT2D eigenvalue weighted by Gasteiger charge is -2.25. The fourth-order valence-electron chi connectivity index (χ4n) is 3.03. The van der Waals surface area contributed by atoms with Gasteiger partial charge in [0.2, 0.25) is 10.0 Å². The molecule has 0 radical (unpaired) electrons. The average Bonchev–Trinajstić information content (AvgIpc) is 2.69. The van der Waals surface area contributed by atoms with Gasteiger partial charge in [-0.3, -0.25) is 4.79 Å². The number of hydrogen-bond donors (Lipinski definition) is 0. The van der Waals surface area contributed by atoms with Crippen LogP contribution in [0.4, 0.5) is 0 Å². The maximum atomic E-state index is 12.7. The molecular weight excluding hydrogens is 380 g/mol. The molecule has 144 valence electrons. The van der Waals surface area contributed by atoms with Gasteiger partial charge in [0, 0.05) is 24.8 Å².